The average molecular weight is 401 g/mol. The molecule has 0 bridgehead atoms. The average Bonchev–Trinajstić information content (AvgIpc) is 2.60. The van der Waals surface area contributed by atoms with Gasteiger partial charge < -0.3 is 19.6 Å². The van der Waals surface area contributed by atoms with Crippen LogP contribution in [0.5, 0.6) is 23.1 Å². The molecule has 0 saturated heterocycles. The first kappa shape index (κ1) is 15.7. The van der Waals surface area contributed by atoms with E-state index in [0.29, 0.717) is 34.9 Å². The van der Waals surface area contributed by atoms with E-state index in [0.717, 1.165) is 10.0 Å². The molecule has 3 aromatic rings. The normalized spacial score (nSPS) is 12.1. The van der Waals surface area contributed by atoms with Crippen LogP contribution in [0.2, 0.25) is 0 Å². The summed E-state index contributed by atoms with van der Waals surface area (Å²) in [6, 6.07) is 10.1. The molecule has 0 saturated carbocycles. The molecular weight excluding hydrogens is 388 g/mol. The Morgan fingerprint density at radius 1 is 1.28 bits per heavy atom. The van der Waals surface area contributed by atoms with Crippen LogP contribution in [0, 0.1) is 0 Å². The second-order valence-electron chi connectivity index (χ2n) is 5.62. The Balaban J connectivity index is 1.83. The Labute approximate surface area is 151 Å². The van der Waals surface area contributed by atoms with Gasteiger partial charge in [-0.1, -0.05) is 15.9 Å². The number of phenols is 1. The quantitative estimate of drug-likeness (QED) is 0.536. The molecule has 7 heteroatoms. The molecule has 0 aliphatic carbocycles. The number of aromatic hydroxyl groups is 1. The van der Waals surface area contributed by atoms with Gasteiger partial charge in [0.25, 0.3) is 5.56 Å². The first-order chi connectivity index (χ1) is 12.0. The summed E-state index contributed by atoms with van der Waals surface area (Å²) >= 11 is 3.43. The van der Waals surface area contributed by atoms with Crippen LogP contribution in [0.3, 0.4) is 0 Å². The second-order valence-corrected chi connectivity index (χ2v) is 6.54. The van der Waals surface area contributed by atoms with Crippen LogP contribution >= 0.6 is 15.9 Å². The molecule has 6 nitrogen and oxygen atoms in total. The lowest BCUT2D eigenvalue weighted by Crippen LogP contribution is -2.20. The van der Waals surface area contributed by atoms with Gasteiger partial charge in [-0.05, 0) is 36.4 Å². The molecule has 4 rings (SSSR count). The Kier molecular flexibility index (Phi) is 3.73. The maximum Gasteiger partial charge on any atom is 0.258 e. The lowest BCUT2D eigenvalue weighted by Gasteiger charge is -2.21. The molecule has 2 aromatic carbocycles. The van der Waals surface area contributed by atoms with Crippen LogP contribution in [0.1, 0.15) is 11.1 Å². The highest BCUT2D eigenvalue weighted by Gasteiger charge is 2.25. The molecule has 0 fully saturated rings. The molecule has 0 atom stereocenters. The second kappa shape index (κ2) is 5.93. The third kappa shape index (κ3) is 2.76. The fourth-order valence-electron chi connectivity index (χ4n) is 2.78. The van der Waals surface area contributed by atoms with Crippen molar-refractivity contribution in [2.24, 2.45) is 0 Å². The van der Waals surface area contributed by atoms with Gasteiger partial charge in [0.15, 0.2) is 11.5 Å². The van der Waals surface area contributed by atoms with Gasteiger partial charge in [-0.2, -0.15) is 4.98 Å². The van der Waals surface area contributed by atoms with Crippen molar-refractivity contribution in [3.8, 4) is 34.5 Å². The predicted octanol–water partition coefficient (Wildman–Crippen LogP) is 3.61. The zero-order valence-electron chi connectivity index (χ0n) is 13.2. The van der Waals surface area contributed by atoms with E-state index in [-0.39, 0.29) is 17.2 Å². The summed E-state index contributed by atoms with van der Waals surface area (Å²) < 4.78 is 12.1. The van der Waals surface area contributed by atoms with E-state index >= 15 is 0 Å². The molecule has 1 aromatic heterocycles. The number of phenolic OH excluding ortho intramolecular Hbond substituents is 1. The Morgan fingerprint density at radius 2 is 2.04 bits per heavy atom. The maximum absolute atomic E-state index is 12.5. The van der Waals surface area contributed by atoms with Crippen LogP contribution in [0.15, 0.2) is 45.7 Å². The zero-order chi connectivity index (χ0) is 17.6. The van der Waals surface area contributed by atoms with Crippen molar-refractivity contribution in [3.63, 3.8) is 0 Å². The number of nitrogens with one attached hydrogen (secondary N) is 1. The largest absolute Gasteiger partial charge is 0.508 e. The van der Waals surface area contributed by atoms with Crippen LogP contribution in [0.25, 0.3) is 11.4 Å². The van der Waals surface area contributed by atoms with Gasteiger partial charge in [-0.3, -0.25) is 4.79 Å². The van der Waals surface area contributed by atoms with Gasteiger partial charge in [0, 0.05) is 22.0 Å². The summed E-state index contributed by atoms with van der Waals surface area (Å²) in [4.78, 5) is 19.7. The highest BCUT2D eigenvalue weighted by Crippen LogP contribution is 2.42. The van der Waals surface area contributed by atoms with E-state index in [4.69, 9.17) is 9.47 Å². The molecule has 1 aliphatic heterocycles. The minimum Gasteiger partial charge on any atom is -0.508 e. The zero-order valence-corrected chi connectivity index (χ0v) is 14.8. The van der Waals surface area contributed by atoms with Gasteiger partial charge >= 0.3 is 0 Å². The number of aromatic nitrogens is 2. The summed E-state index contributed by atoms with van der Waals surface area (Å²) in [5, 5.41) is 9.40. The summed E-state index contributed by atoms with van der Waals surface area (Å²) in [7, 11) is 1.56. The van der Waals surface area contributed by atoms with Crippen molar-refractivity contribution in [1.29, 1.82) is 0 Å². The van der Waals surface area contributed by atoms with Crippen LogP contribution in [0.4, 0.5) is 0 Å². The minimum atomic E-state index is -0.252. The lowest BCUT2D eigenvalue weighted by atomic mass is 10.0. The summed E-state index contributed by atoms with van der Waals surface area (Å²) in [5.74, 6) is 1.92. The SMILES string of the molecule is COc1cc(Br)cc2c1Oc1nc(-c3ccc(O)cc3)[nH]c(=O)c1C2. The van der Waals surface area contributed by atoms with Crippen LogP contribution < -0.4 is 15.0 Å². The van der Waals surface area contributed by atoms with E-state index in [9.17, 15) is 9.90 Å². The third-order valence-electron chi connectivity index (χ3n) is 4.00. The summed E-state index contributed by atoms with van der Waals surface area (Å²) in [6.45, 7) is 0. The summed E-state index contributed by atoms with van der Waals surface area (Å²) in [5.41, 5.74) is 1.74. The number of methoxy groups -OCH3 is 1. The number of aromatic amines is 1. The summed E-state index contributed by atoms with van der Waals surface area (Å²) in [6.07, 6.45) is 0.401. The monoisotopic (exact) mass is 400 g/mol. The molecule has 0 unspecified atom stereocenters. The maximum atomic E-state index is 12.5. The number of H-pyrrole nitrogens is 1. The van der Waals surface area contributed by atoms with Crippen LogP contribution in [-0.2, 0) is 6.42 Å². The van der Waals surface area contributed by atoms with Crippen molar-refractivity contribution < 1.29 is 14.6 Å². The molecule has 126 valence electrons. The number of rotatable bonds is 2. The van der Waals surface area contributed by atoms with Crippen molar-refractivity contribution in [1.82, 2.24) is 9.97 Å². The van der Waals surface area contributed by atoms with Crippen molar-refractivity contribution in [2.75, 3.05) is 7.11 Å². The number of ether oxygens (including phenoxy) is 2. The Morgan fingerprint density at radius 3 is 2.76 bits per heavy atom. The minimum absolute atomic E-state index is 0.143. The molecule has 0 amide bonds. The van der Waals surface area contributed by atoms with Crippen molar-refractivity contribution in [2.45, 2.75) is 6.42 Å². The van der Waals surface area contributed by atoms with Crippen LogP contribution in [-0.4, -0.2) is 22.2 Å². The van der Waals surface area contributed by atoms with Gasteiger partial charge in [0.2, 0.25) is 5.88 Å². The van der Waals surface area contributed by atoms with Crippen molar-refractivity contribution >= 4 is 15.9 Å². The van der Waals surface area contributed by atoms with E-state index in [2.05, 4.69) is 25.9 Å². The number of fused-ring (bicyclic) bond motifs is 2. The molecule has 2 heterocycles. The fourth-order valence-corrected chi connectivity index (χ4v) is 3.27. The predicted molar refractivity (Wildman–Crippen MR) is 95.5 cm³/mol. The molecule has 2 N–H and O–H groups in total. The smallest absolute Gasteiger partial charge is 0.258 e. The highest BCUT2D eigenvalue weighted by molar-refractivity contribution is 9.10. The van der Waals surface area contributed by atoms with Gasteiger partial charge in [-0.15, -0.1) is 0 Å². The number of nitrogens with zero attached hydrogens (tertiary/aromatic N) is 1. The third-order valence-corrected chi connectivity index (χ3v) is 4.46. The molecule has 1 aliphatic rings. The fraction of sp³-hybridized carbons (Fsp3) is 0.111. The number of hydrogen-bond donors (Lipinski definition) is 2. The molecule has 0 radical (unpaired) electrons. The van der Waals surface area contributed by atoms with Gasteiger partial charge in [0.05, 0.1) is 12.7 Å². The van der Waals surface area contributed by atoms with E-state index in [1.807, 2.05) is 6.07 Å². The highest BCUT2D eigenvalue weighted by atomic mass is 79.9. The first-order valence-corrected chi connectivity index (χ1v) is 8.31. The van der Waals surface area contributed by atoms with E-state index in [1.165, 1.54) is 12.1 Å². The van der Waals surface area contributed by atoms with Gasteiger partial charge in [-0.25, -0.2) is 0 Å². The molecule has 0 spiro atoms. The molecular formula is C18H13BrN2O4. The number of benzene rings is 2. The standard InChI is InChI=1S/C18H13BrN2O4/c1-24-14-8-11(19)6-10-7-13-17(23)20-16(21-18(13)25-15(10)14)9-2-4-12(22)5-3-9/h2-6,8,22H,7H2,1H3,(H,20,21,23). The first-order valence-electron chi connectivity index (χ1n) is 7.52. The van der Waals surface area contributed by atoms with Crippen molar-refractivity contribution in [3.05, 3.63) is 62.4 Å². The molecule has 25 heavy (non-hydrogen) atoms. The van der Waals surface area contributed by atoms with Gasteiger partial charge in [0.1, 0.15) is 11.6 Å². The number of hydrogen-bond acceptors (Lipinski definition) is 5. The Hall–Kier alpha value is -2.80. The van der Waals surface area contributed by atoms with E-state index in [1.54, 1.807) is 25.3 Å². The topological polar surface area (TPSA) is 84.4 Å². The Bertz CT molecular complexity index is 1030. The lowest BCUT2D eigenvalue weighted by molar-refractivity contribution is 0.364. The number of halogens is 1. The van der Waals surface area contributed by atoms with E-state index < -0.39 is 0 Å².